The maximum atomic E-state index is 5.94. The zero-order valence-electron chi connectivity index (χ0n) is 10.5. The molecule has 0 spiro atoms. The van der Waals surface area contributed by atoms with Gasteiger partial charge in [-0.05, 0) is 30.9 Å². The van der Waals surface area contributed by atoms with Gasteiger partial charge in [0, 0.05) is 6.04 Å². The Kier molecular flexibility index (Phi) is 6.99. The molecule has 1 atom stereocenters. The zero-order valence-corrected chi connectivity index (χ0v) is 12.8. The summed E-state index contributed by atoms with van der Waals surface area (Å²) in [5, 5.41) is 0. The van der Waals surface area contributed by atoms with Crippen LogP contribution in [0.5, 0.6) is 5.75 Å². The summed E-state index contributed by atoms with van der Waals surface area (Å²) in [6.45, 7) is 8.92. The number of para-hydroxylation sites is 1. The molecular weight excluding hydrogens is 313 g/mol. The van der Waals surface area contributed by atoms with E-state index in [4.69, 9.17) is 10.5 Å². The fraction of sp³-hybridized carbons (Fsp3) is 0.538. The van der Waals surface area contributed by atoms with Crippen molar-refractivity contribution in [3.63, 3.8) is 0 Å². The molecular formula is C13H22INO. The summed E-state index contributed by atoms with van der Waals surface area (Å²) in [5.74, 6) is 1.43. The lowest BCUT2D eigenvalue weighted by atomic mass is 10.1. The van der Waals surface area contributed by atoms with Gasteiger partial charge in [-0.1, -0.05) is 32.0 Å². The number of halogens is 1. The highest BCUT2D eigenvalue weighted by Gasteiger charge is 2.10. The Hall–Kier alpha value is -0.290. The summed E-state index contributed by atoms with van der Waals surface area (Å²) in [7, 11) is 0. The number of hydrogen-bond donors (Lipinski definition) is 1. The first-order chi connectivity index (χ1) is 7.02. The van der Waals surface area contributed by atoms with Gasteiger partial charge in [-0.15, -0.1) is 24.0 Å². The predicted molar refractivity (Wildman–Crippen MR) is 79.6 cm³/mol. The van der Waals surface area contributed by atoms with E-state index in [1.54, 1.807) is 0 Å². The molecule has 0 aliphatic heterocycles. The third-order valence-corrected chi connectivity index (χ3v) is 2.69. The van der Waals surface area contributed by atoms with Gasteiger partial charge < -0.3 is 10.5 Å². The van der Waals surface area contributed by atoms with Crippen molar-refractivity contribution in [3.05, 3.63) is 29.3 Å². The molecule has 0 saturated carbocycles. The van der Waals surface area contributed by atoms with Crippen molar-refractivity contribution in [1.29, 1.82) is 0 Å². The van der Waals surface area contributed by atoms with Gasteiger partial charge in [0.2, 0.25) is 0 Å². The average Bonchev–Trinajstić information content (AvgIpc) is 2.16. The van der Waals surface area contributed by atoms with Gasteiger partial charge in [-0.3, -0.25) is 0 Å². The van der Waals surface area contributed by atoms with Crippen molar-refractivity contribution in [2.24, 2.45) is 11.7 Å². The Morgan fingerprint density at radius 1 is 1.19 bits per heavy atom. The molecule has 92 valence electrons. The Labute approximate surface area is 116 Å². The van der Waals surface area contributed by atoms with Crippen molar-refractivity contribution < 1.29 is 4.74 Å². The van der Waals surface area contributed by atoms with Crippen molar-refractivity contribution >= 4 is 24.0 Å². The van der Waals surface area contributed by atoms with Crippen LogP contribution < -0.4 is 10.5 Å². The molecule has 0 aliphatic rings. The lowest BCUT2D eigenvalue weighted by Crippen LogP contribution is -2.33. The van der Waals surface area contributed by atoms with E-state index in [-0.39, 0.29) is 30.0 Å². The standard InChI is InChI=1S/C13H21NO.HI/c1-9(2)12(14)8-15-13-10(3)6-5-7-11(13)4;/h5-7,9,12H,8,14H2,1-4H3;1H. The quantitative estimate of drug-likeness (QED) is 0.857. The Morgan fingerprint density at radius 2 is 1.69 bits per heavy atom. The minimum absolute atomic E-state index is 0. The number of nitrogens with two attached hydrogens (primary N) is 1. The lowest BCUT2D eigenvalue weighted by Gasteiger charge is -2.18. The molecule has 2 N–H and O–H groups in total. The number of benzene rings is 1. The van der Waals surface area contributed by atoms with Crippen LogP contribution in [0, 0.1) is 19.8 Å². The fourth-order valence-electron chi connectivity index (χ4n) is 1.40. The molecule has 0 bridgehead atoms. The number of aryl methyl sites for hydroxylation is 2. The first-order valence-corrected chi connectivity index (χ1v) is 5.47. The van der Waals surface area contributed by atoms with Crippen LogP contribution in [0.3, 0.4) is 0 Å². The third-order valence-electron chi connectivity index (χ3n) is 2.69. The lowest BCUT2D eigenvalue weighted by molar-refractivity contribution is 0.257. The zero-order chi connectivity index (χ0) is 11.4. The monoisotopic (exact) mass is 335 g/mol. The Morgan fingerprint density at radius 3 is 2.12 bits per heavy atom. The third kappa shape index (κ3) is 4.29. The molecule has 0 aliphatic carbocycles. The predicted octanol–water partition coefficient (Wildman–Crippen LogP) is 3.28. The van der Waals surface area contributed by atoms with Crippen LogP contribution in [0.4, 0.5) is 0 Å². The van der Waals surface area contributed by atoms with E-state index in [1.807, 2.05) is 6.07 Å². The molecule has 1 aromatic carbocycles. The van der Waals surface area contributed by atoms with Gasteiger partial charge in [0.25, 0.3) is 0 Å². The van der Waals surface area contributed by atoms with Gasteiger partial charge in [0.1, 0.15) is 12.4 Å². The second-order valence-corrected chi connectivity index (χ2v) is 4.44. The summed E-state index contributed by atoms with van der Waals surface area (Å²) in [6.07, 6.45) is 0. The molecule has 0 aromatic heterocycles. The highest BCUT2D eigenvalue weighted by atomic mass is 127. The molecule has 0 amide bonds. The second-order valence-electron chi connectivity index (χ2n) is 4.44. The maximum absolute atomic E-state index is 5.94. The molecule has 2 nitrogen and oxygen atoms in total. The number of rotatable bonds is 4. The number of ether oxygens (including phenoxy) is 1. The summed E-state index contributed by atoms with van der Waals surface area (Å²) in [6, 6.07) is 6.26. The largest absolute Gasteiger partial charge is 0.491 e. The van der Waals surface area contributed by atoms with Gasteiger partial charge in [0.05, 0.1) is 0 Å². The van der Waals surface area contributed by atoms with Crippen LogP contribution in [-0.4, -0.2) is 12.6 Å². The molecule has 0 heterocycles. The summed E-state index contributed by atoms with van der Waals surface area (Å²) in [5.41, 5.74) is 8.28. The van der Waals surface area contributed by atoms with Crippen molar-refractivity contribution in [3.8, 4) is 5.75 Å². The molecule has 0 saturated heterocycles. The molecule has 0 fully saturated rings. The van der Waals surface area contributed by atoms with Crippen LogP contribution in [0.25, 0.3) is 0 Å². The first kappa shape index (κ1) is 15.7. The first-order valence-electron chi connectivity index (χ1n) is 5.47. The number of hydrogen-bond acceptors (Lipinski definition) is 2. The van der Waals surface area contributed by atoms with Gasteiger partial charge in [0.15, 0.2) is 0 Å². The van der Waals surface area contributed by atoms with Crippen LogP contribution in [-0.2, 0) is 0 Å². The van der Waals surface area contributed by atoms with E-state index in [2.05, 4.69) is 39.8 Å². The molecule has 3 heteroatoms. The van der Waals surface area contributed by atoms with Crippen LogP contribution in [0.2, 0.25) is 0 Å². The molecule has 1 rings (SSSR count). The van der Waals surface area contributed by atoms with Gasteiger partial charge >= 0.3 is 0 Å². The smallest absolute Gasteiger partial charge is 0.125 e. The van der Waals surface area contributed by atoms with Crippen LogP contribution >= 0.6 is 24.0 Å². The van der Waals surface area contributed by atoms with E-state index in [9.17, 15) is 0 Å². The van der Waals surface area contributed by atoms with E-state index in [1.165, 1.54) is 11.1 Å². The van der Waals surface area contributed by atoms with E-state index in [0.29, 0.717) is 12.5 Å². The fourth-order valence-corrected chi connectivity index (χ4v) is 1.40. The van der Waals surface area contributed by atoms with Gasteiger partial charge in [-0.2, -0.15) is 0 Å². The van der Waals surface area contributed by atoms with E-state index < -0.39 is 0 Å². The van der Waals surface area contributed by atoms with Gasteiger partial charge in [-0.25, -0.2) is 0 Å². The second kappa shape index (κ2) is 7.12. The minimum atomic E-state index is 0. The molecule has 16 heavy (non-hydrogen) atoms. The molecule has 1 unspecified atom stereocenters. The van der Waals surface area contributed by atoms with Crippen molar-refractivity contribution in [2.45, 2.75) is 33.7 Å². The topological polar surface area (TPSA) is 35.2 Å². The summed E-state index contributed by atoms with van der Waals surface area (Å²) in [4.78, 5) is 0. The van der Waals surface area contributed by atoms with Crippen LogP contribution in [0.15, 0.2) is 18.2 Å². The van der Waals surface area contributed by atoms with Crippen molar-refractivity contribution in [2.75, 3.05) is 6.61 Å². The SMILES string of the molecule is Cc1cccc(C)c1OCC(N)C(C)C.I. The van der Waals surface area contributed by atoms with Crippen LogP contribution in [0.1, 0.15) is 25.0 Å². The average molecular weight is 335 g/mol. The normalized spacial score (nSPS) is 12.1. The van der Waals surface area contributed by atoms with Crippen molar-refractivity contribution in [1.82, 2.24) is 0 Å². The van der Waals surface area contributed by atoms with E-state index >= 15 is 0 Å². The minimum Gasteiger partial charge on any atom is -0.491 e. The Bertz CT molecular complexity index is 305. The summed E-state index contributed by atoms with van der Waals surface area (Å²) >= 11 is 0. The molecule has 1 aromatic rings. The molecule has 0 radical (unpaired) electrons. The van der Waals surface area contributed by atoms with E-state index in [0.717, 1.165) is 5.75 Å². The maximum Gasteiger partial charge on any atom is 0.125 e. The summed E-state index contributed by atoms with van der Waals surface area (Å²) < 4.78 is 5.77. The highest BCUT2D eigenvalue weighted by Crippen LogP contribution is 2.22. The Balaban J connectivity index is 0.00000225. The highest BCUT2D eigenvalue weighted by molar-refractivity contribution is 14.0.